The van der Waals surface area contributed by atoms with Gasteiger partial charge in [0.25, 0.3) is 0 Å². The van der Waals surface area contributed by atoms with E-state index in [1.54, 1.807) is 5.57 Å². The van der Waals surface area contributed by atoms with Crippen molar-refractivity contribution < 1.29 is 9.53 Å². The quantitative estimate of drug-likeness (QED) is 0.438. The van der Waals surface area contributed by atoms with Gasteiger partial charge in [0.05, 0.1) is 0 Å². The number of fused-ring (bicyclic) bond motifs is 1. The fraction of sp³-hybridized carbons (Fsp3) is 0.786. The number of rotatable bonds is 5. The average Bonchev–Trinajstić information content (AvgIpc) is 3.04. The van der Waals surface area contributed by atoms with Crippen LogP contribution in [0, 0.1) is 23.2 Å². The molecule has 3 aliphatic rings. The SMILES string of the molecule is C=C1CCC(O[Si](C)(C)C(C)(C)C)CC1=CC=C1CCCC2(C)C1CCC2C(C)CO. The highest BCUT2D eigenvalue weighted by molar-refractivity contribution is 6.74. The van der Waals surface area contributed by atoms with Gasteiger partial charge in [-0.1, -0.05) is 64.5 Å². The Morgan fingerprint density at radius 1 is 1.19 bits per heavy atom. The fourth-order valence-electron chi connectivity index (χ4n) is 6.42. The third-order valence-corrected chi connectivity index (χ3v) is 14.0. The summed E-state index contributed by atoms with van der Waals surface area (Å²) in [6.45, 7) is 21.2. The summed E-state index contributed by atoms with van der Waals surface area (Å²) in [5.74, 6) is 1.76. The van der Waals surface area contributed by atoms with E-state index in [0.717, 1.165) is 19.3 Å². The second kappa shape index (κ2) is 9.31. The van der Waals surface area contributed by atoms with Crippen LogP contribution in [0.2, 0.25) is 18.1 Å². The van der Waals surface area contributed by atoms with E-state index >= 15 is 0 Å². The maximum absolute atomic E-state index is 9.78. The predicted octanol–water partition coefficient (Wildman–Crippen LogP) is 7.81. The maximum atomic E-state index is 9.78. The molecule has 3 fully saturated rings. The standard InChI is InChI=1S/C28H48O2Si/c1-20-11-14-24(30-31(7,8)27(3,4)5)18-23(20)13-12-22-10-9-17-28(6)25(21(2)19-29)15-16-26(22)28/h12-13,21,24-26,29H,1,9-11,14-19H2,2-8H3. The number of hydrogen-bond acceptors (Lipinski definition) is 2. The highest BCUT2D eigenvalue weighted by Crippen LogP contribution is 2.59. The van der Waals surface area contributed by atoms with Gasteiger partial charge in [0.1, 0.15) is 0 Å². The van der Waals surface area contributed by atoms with Gasteiger partial charge in [0.2, 0.25) is 0 Å². The molecule has 31 heavy (non-hydrogen) atoms. The van der Waals surface area contributed by atoms with Crippen molar-refractivity contribution in [2.75, 3.05) is 6.61 Å². The zero-order chi connectivity index (χ0) is 23.0. The summed E-state index contributed by atoms with van der Waals surface area (Å²) >= 11 is 0. The van der Waals surface area contributed by atoms with Crippen LogP contribution in [0.3, 0.4) is 0 Å². The molecule has 0 aromatic rings. The zero-order valence-electron chi connectivity index (χ0n) is 21.4. The predicted molar refractivity (Wildman–Crippen MR) is 136 cm³/mol. The van der Waals surface area contributed by atoms with E-state index in [4.69, 9.17) is 4.43 Å². The van der Waals surface area contributed by atoms with Crippen LogP contribution in [0.1, 0.15) is 86.0 Å². The minimum Gasteiger partial charge on any atom is -0.414 e. The Hall–Kier alpha value is -0.643. The summed E-state index contributed by atoms with van der Waals surface area (Å²) in [4.78, 5) is 0. The van der Waals surface area contributed by atoms with Gasteiger partial charge < -0.3 is 9.53 Å². The molecule has 0 aromatic heterocycles. The molecule has 176 valence electrons. The van der Waals surface area contributed by atoms with Gasteiger partial charge >= 0.3 is 0 Å². The molecule has 1 N–H and O–H groups in total. The number of aliphatic hydroxyl groups excluding tert-OH is 1. The first-order valence-electron chi connectivity index (χ1n) is 12.8. The van der Waals surface area contributed by atoms with Crippen LogP contribution in [-0.2, 0) is 4.43 Å². The molecule has 0 radical (unpaired) electrons. The molecule has 0 aromatic carbocycles. The Morgan fingerprint density at radius 2 is 1.90 bits per heavy atom. The summed E-state index contributed by atoms with van der Waals surface area (Å²) in [6, 6.07) is 0. The van der Waals surface area contributed by atoms with Crippen LogP contribution >= 0.6 is 0 Å². The van der Waals surface area contributed by atoms with Crippen LogP contribution in [0.25, 0.3) is 0 Å². The van der Waals surface area contributed by atoms with Crippen molar-refractivity contribution in [3.8, 4) is 0 Å². The van der Waals surface area contributed by atoms with Crippen molar-refractivity contribution in [1.29, 1.82) is 0 Å². The van der Waals surface area contributed by atoms with E-state index in [1.165, 1.54) is 43.3 Å². The Labute approximate surface area is 193 Å². The number of hydrogen-bond donors (Lipinski definition) is 1. The van der Waals surface area contributed by atoms with Crippen molar-refractivity contribution >= 4 is 8.32 Å². The maximum Gasteiger partial charge on any atom is 0.192 e. The van der Waals surface area contributed by atoms with E-state index in [2.05, 4.69) is 66.4 Å². The second-order valence-electron chi connectivity index (χ2n) is 12.5. The van der Waals surface area contributed by atoms with Crippen molar-refractivity contribution in [1.82, 2.24) is 0 Å². The number of aliphatic hydroxyl groups is 1. The van der Waals surface area contributed by atoms with Gasteiger partial charge in [-0.2, -0.15) is 0 Å². The first-order chi connectivity index (χ1) is 14.4. The molecule has 3 heteroatoms. The smallest absolute Gasteiger partial charge is 0.192 e. The van der Waals surface area contributed by atoms with Crippen molar-refractivity contribution in [3.63, 3.8) is 0 Å². The van der Waals surface area contributed by atoms with Crippen LogP contribution in [-0.4, -0.2) is 26.1 Å². The lowest BCUT2D eigenvalue weighted by Gasteiger charge is -2.44. The summed E-state index contributed by atoms with van der Waals surface area (Å²) in [6.07, 6.45) is 14.8. The van der Waals surface area contributed by atoms with Gasteiger partial charge in [-0.3, -0.25) is 0 Å². The molecule has 2 nitrogen and oxygen atoms in total. The zero-order valence-corrected chi connectivity index (χ0v) is 22.4. The van der Waals surface area contributed by atoms with E-state index < -0.39 is 8.32 Å². The van der Waals surface area contributed by atoms with Crippen LogP contribution in [0.4, 0.5) is 0 Å². The van der Waals surface area contributed by atoms with E-state index in [9.17, 15) is 5.11 Å². The van der Waals surface area contributed by atoms with Gasteiger partial charge in [-0.25, -0.2) is 0 Å². The molecular formula is C28H48O2Si. The summed E-state index contributed by atoms with van der Waals surface area (Å²) < 4.78 is 6.76. The summed E-state index contributed by atoms with van der Waals surface area (Å²) in [7, 11) is -1.74. The molecule has 0 heterocycles. The molecule has 5 atom stereocenters. The lowest BCUT2D eigenvalue weighted by Crippen LogP contribution is -2.44. The molecular weight excluding hydrogens is 396 g/mol. The van der Waals surface area contributed by atoms with Crippen LogP contribution in [0.15, 0.2) is 35.5 Å². The van der Waals surface area contributed by atoms with E-state index in [1.807, 2.05) is 0 Å². The minimum absolute atomic E-state index is 0.255. The lowest BCUT2D eigenvalue weighted by molar-refractivity contribution is 0.0690. The van der Waals surface area contributed by atoms with Gasteiger partial charge in [-0.05, 0) is 98.2 Å². The van der Waals surface area contributed by atoms with Crippen molar-refractivity contribution in [2.24, 2.45) is 23.2 Å². The molecule has 0 spiro atoms. The van der Waals surface area contributed by atoms with Gasteiger partial charge in [0, 0.05) is 12.7 Å². The largest absolute Gasteiger partial charge is 0.414 e. The van der Waals surface area contributed by atoms with Gasteiger partial charge in [-0.15, -0.1) is 0 Å². The van der Waals surface area contributed by atoms with Crippen LogP contribution in [0.5, 0.6) is 0 Å². The highest BCUT2D eigenvalue weighted by atomic mass is 28.4. The molecule has 0 amide bonds. The number of allylic oxidation sites excluding steroid dienone is 4. The summed E-state index contributed by atoms with van der Waals surface area (Å²) in [5, 5.41) is 10.0. The molecule has 0 aliphatic heterocycles. The monoisotopic (exact) mass is 444 g/mol. The minimum atomic E-state index is -1.74. The fourth-order valence-corrected chi connectivity index (χ4v) is 7.80. The molecule has 3 saturated carbocycles. The van der Waals surface area contributed by atoms with E-state index in [-0.39, 0.29) is 5.04 Å². The van der Waals surface area contributed by atoms with Crippen molar-refractivity contribution in [3.05, 3.63) is 35.5 Å². The third-order valence-electron chi connectivity index (χ3n) is 9.45. The molecule has 0 saturated heterocycles. The molecule has 3 aliphatic carbocycles. The van der Waals surface area contributed by atoms with Gasteiger partial charge in [0.15, 0.2) is 8.32 Å². The molecule has 0 bridgehead atoms. The first kappa shape index (κ1) is 25.0. The Kier molecular flexibility index (Phi) is 7.50. The highest BCUT2D eigenvalue weighted by Gasteiger charge is 2.50. The third kappa shape index (κ3) is 5.14. The molecule has 5 unspecified atom stereocenters. The van der Waals surface area contributed by atoms with Crippen LogP contribution < -0.4 is 0 Å². The second-order valence-corrected chi connectivity index (χ2v) is 17.3. The molecule has 3 rings (SSSR count). The topological polar surface area (TPSA) is 29.5 Å². The lowest BCUT2D eigenvalue weighted by atomic mass is 9.61. The van der Waals surface area contributed by atoms with Crippen molar-refractivity contribution in [2.45, 2.75) is 110 Å². The summed E-state index contributed by atoms with van der Waals surface area (Å²) in [5.41, 5.74) is 4.73. The Balaban J connectivity index is 1.75. The Morgan fingerprint density at radius 3 is 2.55 bits per heavy atom. The normalized spacial score (nSPS) is 36.1. The average molecular weight is 445 g/mol. The first-order valence-corrected chi connectivity index (χ1v) is 15.7. The Bertz CT molecular complexity index is 726. The van der Waals surface area contributed by atoms with E-state index in [0.29, 0.717) is 35.9 Å².